The van der Waals surface area contributed by atoms with E-state index < -0.39 is 16.6 Å². The summed E-state index contributed by atoms with van der Waals surface area (Å²) in [6, 6.07) is 10.3. The van der Waals surface area contributed by atoms with Crippen LogP contribution in [0.1, 0.15) is 18.4 Å². The normalized spacial score (nSPS) is 15.7. The molecule has 0 bridgehead atoms. The number of aliphatic imine (C=N–C) groups is 1. The SMILES string of the molecule is O=S(=O)(c1ccc(Cl)c(N=Cc2ccc(OC(F)F)cc2)c1)N1CCCC1. The fourth-order valence-corrected chi connectivity index (χ4v) is 4.41. The van der Waals surface area contributed by atoms with Crippen molar-refractivity contribution in [3.8, 4) is 5.75 Å². The highest BCUT2D eigenvalue weighted by molar-refractivity contribution is 7.89. The highest BCUT2D eigenvalue weighted by Crippen LogP contribution is 2.30. The fourth-order valence-electron chi connectivity index (χ4n) is 2.71. The van der Waals surface area contributed by atoms with Crippen molar-refractivity contribution in [1.82, 2.24) is 4.31 Å². The fraction of sp³-hybridized carbons (Fsp3) is 0.278. The zero-order valence-corrected chi connectivity index (χ0v) is 15.8. The third-order valence-corrected chi connectivity index (χ3v) is 6.29. The van der Waals surface area contributed by atoms with Crippen molar-refractivity contribution in [2.75, 3.05) is 13.1 Å². The van der Waals surface area contributed by atoms with Gasteiger partial charge >= 0.3 is 6.61 Å². The standard InChI is InChI=1S/C18H17ClF2N2O3S/c19-16-8-7-15(27(24,25)23-9-1-2-10-23)11-17(16)22-12-13-3-5-14(6-4-13)26-18(20)21/h3-8,11-12,18H,1-2,9-10H2. The first-order chi connectivity index (χ1) is 12.9. The van der Waals surface area contributed by atoms with Gasteiger partial charge in [-0.3, -0.25) is 4.99 Å². The molecule has 1 fully saturated rings. The van der Waals surface area contributed by atoms with Crippen LogP contribution in [0.4, 0.5) is 14.5 Å². The van der Waals surface area contributed by atoms with Crippen LogP contribution < -0.4 is 4.74 Å². The molecule has 1 aliphatic heterocycles. The maximum atomic E-state index is 12.7. The van der Waals surface area contributed by atoms with E-state index in [0.717, 1.165) is 12.8 Å². The van der Waals surface area contributed by atoms with Crippen molar-refractivity contribution in [2.24, 2.45) is 4.99 Å². The van der Waals surface area contributed by atoms with Crippen LogP contribution in [0.5, 0.6) is 5.75 Å². The van der Waals surface area contributed by atoms with E-state index in [1.54, 1.807) is 12.1 Å². The summed E-state index contributed by atoms with van der Waals surface area (Å²) in [6.45, 7) is -1.86. The Morgan fingerprint density at radius 1 is 1.11 bits per heavy atom. The van der Waals surface area contributed by atoms with Crippen molar-refractivity contribution in [2.45, 2.75) is 24.3 Å². The number of hydrogen-bond acceptors (Lipinski definition) is 4. The Balaban J connectivity index is 1.81. The van der Waals surface area contributed by atoms with E-state index in [1.165, 1.54) is 40.9 Å². The summed E-state index contributed by atoms with van der Waals surface area (Å²) in [5.74, 6) is 0.0406. The van der Waals surface area contributed by atoms with Crippen LogP contribution in [-0.4, -0.2) is 38.6 Å². The van der Waals surface area contributed by atoms with E-state index >= 15 is 0 Å². The van der Waals surface area contributed by atoms with Crippen LogP contribution in [0.3, 0.4) is 0 Å². The molecule has 5 nitrogen and oxygen atoms in total. The van der Waals surface area contributed by atoms with Crippen LogP contribution in [0, 0.1) is 0 Å². The Morgan fingerprint density at radius 3 is 2.41 bits per heavy atom. The highest BCUT2D eigenvalue weighted by Gasteiger charge is 2.27. The summed E-state index contributed by atoms with van der Waals surface area (Å²) < 4.78 is 55.4. The number of rotatable bonds is 6. The third-order valence-electron chi connectivity index (χ3n) is 4.08. The molecular weight excluding hydrogens is 398 g/mol. The number of halogens is 3. The molecule has 144 valence electrons. The van der Waals surface area contributed by atoms with Crippen LogP contribution >= 0.6 is 11.6 Å². The molecule has 0 amide bonds. The maximum absolute atomic E-state index is 12.7. The lowest BCUT2D eigenvalue weighted by atomic mass is 10.2. The van der Waals surface area contributed by atoms with Gasteiger partial charge in [0.05, 0.1) is 15.6 Å². The summed E-state index contributed by atoms with van der Waals surface area (Å²) in [7, 11) is -3.56. The minimum atomic E-state index is -3.56. The number of alkyl halides is 2. The molecule has 0 spiro atoms. The number of sulfonamides is 1. The second-order valence-electron chi connectivity index (χ2n) is 5.93. The Bertz CT molecular complexity index is 928. The number of hydrogen-bond donors (Lipinski definition) is 0. The molecule has 3 rings (SSSR count). The molecule has 0 N–H and O–H groups in total. The Hall–Kier alpha value is -2.03. The molecule has 1 heterocycles. The summed E-state index contributed by atoms with van der Waals surface area (Å²) in [4.78, 5) is 4.38. The third kappa shape index (κ3) is 4.82. The Morgan fingerprint density at radius 2 is 1.78 bits per heavy atom. The topological polar surface area (TPSA) is 59.0 Å². The minimum Gasteiger partial charge on any atom is -0.435 e. The van der Waals surface area contributed by atoms with Gasteiger partial charge in [0, 0.05) is 19.3 Å². The van der Waals surface area contributed by atoms with Crippen LogP contribution in [0.2, 0.25) is 5.02 Å². The predicted octanol–water partition coefficient (Wildman–Crippen LogP) is 4.48. The van der Waals surface area contributed by atoms with Gasteiger partial charge in [0.15, 0.2) is 0 Å². The Kier molecular flexibility index (Phi) is 6.08. The second kappa shape index (κ2) is 8.33. The van der Waals surface area contributed by atoms with E-state index in [0.29, 0.717) is 29.4 Å². The average Bonchev–Trinajstić information content (AvgIpc) is 3.17. The molecule has 0 saturated carbocycles. The molecule has 0 aromatic heterocycles. The first-order valence-corrected chi connectivity index (χ1v) is 10.1. The van der Waals surface area contributed by atoms with Gasteiger partial charge in [0.1, 0.15) is 5.75 Å². The average molecular weight is 415 g/mol. The van der Waals surface area contributed by atoms with Crippen LogP contribution in [-0.2, 0) is 10.0 Å². The molecule has 0 aliphatic carbocycles. The molecule has 0 atom stereocenters. The summed E-state index contributed by atoms with van der Waals surface area (Å²) in [6.07, 6.45) is 3.17. The lowest BCUT2D eigenvalue weighted by Gasteiger charge is -2.15. The number of benzene rings is 2. The highest BCUT2D eigenvalue weighted by atomic mass is 35.5. The summed E-state index contributed by atoms with van der Waals surface area (Å²) >= 11 is 6.13. The van der Waals surface area contributed by atoms with Crippen molar-refractivity contribution < 1.29 is 21.9 Å². The van der Waals surface area contributed by atoms with Gasteiger partial charge in [-0.2, -0.15) is 13.1 Å². The van der Waals surface area contributed by atoms with E-state index in [2.05, 4.69) is 9.73 Å². The molecule has 1 saturated heterocycles. The molecular formula is C18H17ClF2N2O3S. The van der Waals surface area contributed by atoms with E-state index in [-0.39, 0.29) is 10.6 Å². The summed E-state index contributed by atoms with van der Waals surface area (Å²) in [5.41, 5.74) is 0.935. The first-order valence-electron chi connectivity index (χ1n) is 8.25. The van der Waals surface area contributed by atoms with Crippen molar-refractivity contribution >= 4 is 33.5 Å². The van der Waals surface area contributed by atoms with Crippen molar-refractivity contribution in [3.63, 3.8) is 0 Å². The van der Waals surface area contributed by atoms with Crippen LogP contribution in [0.15, 0.2) is 52.4 Å². The van der Waals surface area contributed by atoms with Gasteiger partial charge in [-0.25, -0.2) is 8.42 Å². The van der Waals surface area contributed by atoms with E-state index in [4.69, 9.17) is 11.6 Å². The van der Waals surface area contributed by atoms with Gasteiger partial charge in [0.2, 0.25) is 10.0 Å². The number of ether oxygens (including phenoxy) is 1. The predicted molar refractivity (Wildman–Crippen MR) is 99.8 cm³/mol. The molecule has 2 aromatic carbocycles. The van der Waals surface area contributed by atoms with Crippen molar-refractivity contribution in [3.05, 3.63) is 53.1 Å². The smallest absolute Gasteiger partial charge is 0.387 e. The molecule has 1 aliphatic rings. The number of nitrogens with zero attached hydrogens (tertiary/aromatic N) is 2. The minimum absolute atomic E-state index is 0.0406. The van der Waals surface area contributed by atoms with Crippen molar-refractivity contribution in [1.29, 1.82) is 0 Å². The Labute approximate surface area is 161 Å². The monoisotopic (exact) mass is 414 g/mol. The van der Waals surface area contributed by atoms with Gasteiger partial charge in [-0.15, -0.1) is 0 Å². The summed E-state index contributed by atoms with van der Waals surface area (Å²) in [5, 5.41) is 0.310. The van der Waals surface area contributed by atoms with Gasteiger partial charge in [0.25, 0.3) is 0 Å². The van der Waals surface area contributed by atoms with Gasteiger partial charge < -0.3 is 4.74 Å². The molecule has 27 heavy (non-hydrogen) atoms. The zero-order valence-electron chi connectivity index (χ0n) is 14.2. The second-order valence-corrected chi connectivity index (χ2v) is 8.28. The maximum Gasteiger partial charge on any atom is 0.387 e. The van der Waals surface area contributed by atoms with Gasteiger partial charge in [-0.1, -0.05) is 11.6 Å². The van der Waals surface area contributed by atoms with E-state index in [1.807, 2.05) is 0 Å². The molecule has 0 unspecified atom stereocenters. The molecule has 2 aromatic rings. The first kappa shape index (κ1) is 19.7. The van der Waals surface area contributed by atoms with Crippen LogP contribution in [0.25, 0.3) is 0 Å². The molecule has 0 radical (unpaired) electrons. The lowest BCUT2D eigenvalue weighted by Crippen LogP contribution is -2.27. The van der Waals surface area contributed by atoms with Gasteiger partial charge in [-0.05, 0) is 60.9 Å². The largest absolute Gasteiger partial charge is 0.435 e. The lowest BCUT2D eigenvalue weighted by molar-refractivity contribution is -0.0498. The zero-order chi connectivity index (χ0) is 19.4. The quantitative estimate of drug-likeness (QED) is 0.655. The molecule has 9 heteroatoms. The van der Waals surface area contributed by atoms with E-state index in [9.17, 15) is 17.2 Å².